The second-order valence-corrected chi connectivity index (χ2v) is 7.00. The summed E-state index contributed by atoms with van der Waals surface area (Å²) in [6.07, 6.45) is 1.70. The number of nitro benzene ring substituents is 1. The molecule has 0 radical (unpaired) electrons. The number of benzene rings is 1. The van der Waals surface area contributed by atoms with E-state index in [2.05, 4.69) is 10.3 Å². The first-order valence-corrected chi connectivity index (χ1v) is 8.38. The molecule has 0 bridgehead atoms. The van der Waals surface area contributed by atoms with Gasteiger partial charge in [-0.1, -0.05) is 0 Å². The number of hydrogen-bond donors (Lipinski definition) is 1. The van der Waals surface area contributed by atoms with E-state index in [-0.39, 0.29) is 11.4 Å². The van der Waals surface area contributed by atoms with Gasteiger partial charge in [-0.05, 0) is 24.6 Å². The minimum Gasteiger partial charge on any atom is -0.370 e. The Balaban J connectivity index is 2.06. The van der Waals surface area contributed by atoms with Crippen LogP contribution in [-0.4, -0.2) is 36.9 Å². The number of nitrogens with one attached hydrogen (secondary N) is 1. The predicted molar refractivity (Wildman–Crippen MR) is 81.2 cm³/mol. The van der Waals surface area contributed by atoms with E-state index >= 15 is 0 Å². The number of anilines is 1. The van der Waals surface area contributed by atoms with Crippen molar-refractivity contribution in [1.29, 1.82) is 0 Å². The molecule has 2 aromatic rings. The van der Waals surface area contributed by atoms with E-state index in [1.807, 2.05) is 0 Å². The highest BCUT2D eigenvalue weighted by molar-refractivity contribution is 7.90. The van der Waals surface area contributed by atoms with Crippen molar-refractivity contribution in [2.45, 2.75) is 6.42 Å². The van der Waals surface area contributed by atoms with Gasteiger partial charge in [0.15, 0.2) is 0 Å². The van der Waals surface area contributed by atoms with Crippen molar-refractivity contribution in [3.8, 4) is 0 Å². The molecule has 0 atom stereocenters. The van der Waals surface area contributed by atoms with Gasteiger partial charge in [0, 0.05) is 30.3 Å². The molecule has 1 aromatic carbocycles. The Hall–Kier alpha value is -2.22. The third-order valence-electron chi connectivity index (χ3n) is 2.88. The van der Waals surface area contributed by atoms with E-state index in [0.717, 1.165) is 0 Å². The van der Waals surface area contributed by atoms with Crippen LogP contribution >= 0.6 is 0 Å². The van der Waals surface area contributed by atoms with Crippen molar-refractivity contribution in [2.24, 2.45) is 0 Å². The van der Waals surface area contributed by atoms with Crippen LogP contribution in [0.5, 0.6) is 0 Å². The minimum absolute atomic E-state index is 0.0261. The molecule has 0 fully saturated rings. The quantitative estimate of drug-likeness (QED) is 0.497. The van der Waals surface area contributed by atoms with Gasteiger partial charge in [-0.15, -0.1) is 0 Å². The zero-order chi connectivity index (χ0) is 15.5. The molecule has 21 heavy (non-hydrogen) atoms. The fourth-order valence-corrected chi connectivity index (χ4v) is 2.54. The standard InChI is InChI=1S/C13H15N3O4S/c1-21(19,20)8-2-7-14-13-6-3-10-9-11(16(17)18)4-5-12(10)15-13/h3-6,9H,2,7-8H2,1H3,(H,14,15). The first-order chi connectivity index (χ1) is 9.85. The number of nitro groups is 1. The van der Waals surface area contributed by atoms with Gasteiger partial charge in [-0.3, -0.25) is 10.1 Å². The van der Waals surface area contributed by atoms with Gasteiger partial charge in [0.05, 0.1) is 16.2 Å². The van der Waals surface area contributed by atoms with Crippen molar-refractivity contribution in [1.82, 2.24) is 4.98 Å². The van der Waals surface area contributed by atoms with Crippen molar-refractivity contribution in [3.63, 3.8) is 0 Å². The van der Waals surface area contributed by atoms with Crippen LogP contribution in [0.25, 0.3) is 10.9 Å². The molecule has 0 aliphatic heterocycles. The molecule has 0 saturated carbocycles. The average molecular weight is 309 g/mol. The monoisotopic (exact) mass is 309 g/mol. The van der Waals surface area contributed by atoms with Crippen LogP contribution in [0.1, 0.15) is 6.42 Å². The molecule has 0 aliphatic carbocycles. The van der Waals surface area contributed by atoms with Gasteiger partial charge >= 0.3 is 0 Å². The summed E-state index contributed by atoms with van der Waals surface area (Å²) in [4.78, 5) is 14.6. The van der Waals surface area contributed by atoms with Crippen LogP contribution in [0.3, 0.4) is 0 Å². The van der Waals surface area contributed by atoms with Gasteiger partial charge in [0.25, 0.3) is 5.69 Å². The highest BCUT2D eigenvalue weighted by Crippen LogP contribution is 2.20. The Morgan fingerprint density at radius 3 is 2.71 bits per heavy atom. The summed E-state index contributed by atoms with van der Waals surface area (Å²) in [6.45, 7) is 0.499. The maximum atomic E-state index is 11.0. The fourth-order valence-electron chi connectivity index (χ4n) is 1.88. The van der Waals surface area contributed by atoms with Crippen molar-refractivity contribution in [2.75, 3.05) is 23.9 Å². The normalized spacial score (nSPS) is 11.5. The lowest BCUT2D eigenvalue weighted by Gasteiger charge is -2.06. The summed E-state index contributed by atoms with van der Waals surface area (Å²) in [6, 6.07) is 7.93. The SMILES string of the molecule is CS(=O)(=O)CCCNc1ccc2cc([N+](=O)[O-])ccc2n1. The Bertz CT molecular complexity index is 774. The van der Waals surface area contributed by atoms with E-state index in [1.165, 1.54) is 18.4 Å². The molecule has 0 unspecified atom stereocenters. The van der Waals surface area contributed by atoms with Crippen LogP contribution in [-0.2, 0) is 9.84 Å². The smallest absolute Gasteiger partial charge is 0.270 e. The molecule has 0 spiro atoms. The summed E-state index contributed by atoms with van der Waals surface area (Å²) in [5, 5.41) is 14.4. The molecule has 1 heterocycles. The number of sulfone groups is 1. The number of pyridine rings is 1. The number of hydrogen-bond acceptors (Lipinski definition) is 6. The maximum absolute atomic E-state index is 11.0. The van der Waals surface area contributed by atoms with Gasteiger partial charge in [-0.2, -0.15) is 0 Å². The zero-order valence-corrected chi connectivity index (χ0v) is 12.3. The average Bonchev–Trinajstić information content (AvgIpc) is 2.41. The Morgan fingerprint density at radius 2 is 2.05 bits per heavy atom. The Morgan fingerprint density at radius 1 is 1.29 bits per heavy atom. The van der Waals surface area contributed by atoms with Gasteiger partial charge in [-0.25, -0.2) is 13.4 Å². The molecule has 1 aromatic heterocycles. The molecule has 1 N–H and O–H groups in total. The lowest BCUT2D eigenvalue weighted by atomic mass is 10.2. The number of fused-ring (bicyclic) bond motifs is 1. The van der Waals surface area contributed by atoms with Crippen LogP contribution in [0.4, 0.5) is 11.5 Å². The predicted octanol–water partition coefficient (Wildman–Crippen LogP) is 1.99. The summed E-state index contributed by atoms with van der Waals surface area (Å²) in [7, 11) is -2.95. The summed E-state index contributed by atoms with van der Waals surface area (Å²) < 4.78 is 22.0. The van der Waals surface area contributed by atoms with Crippen LogP contribution < -0.4 is 5.32 Å². The molecule has 8 heteroatoms. The topological polar surface area (TPSA) is 102 Å². The first kappa shape index (κ1) is 15.2. The molecule has 0 aliphatic rings. The van der Waals surface area contributed by atoms with Crippen LogP contribution in [0.15, 0.2) is 30.3 Å². The number of rotatable bonds is 6. The fraction of sp³-hybridized carbons (Fsp3) is 0.308. The van der Waals surface area contributed by atoms with Crippen molar-refractivity contribution >= 4 is 32.2 Å². The molecular formula is C13H15N3O4S. The summed E-state index contributed by atoms with van der Waals surface area (Å²) in [5.74, 6) is 0.740. The third-order valence-corrected chi connectivity index (χ3v) is 3.91. The second-order valence-electron chi connectivity index (χ2n) is 4.74. The highest BCUT2D eigenvalue weighted by atomic mass is 32.2. The lowest BCUT2D eigenvalue weighted by Crippen LogP contribution is -2.10. The molecule has 2 rings (SSSR count). The van der Waals surface area contributed by atoms with E-state index in [1.54, 1.807) is 18.2 Å². The first-order valence-electron chi connectivity index (χ1n) is 6.32. The largest absolute Gasteiger partial charge is 0.370 e. The maximum Gasteiger partial charge on any atom is 0.270 e. The highest BCUT2D eigenvalue weighted by Gasteiger charge is 2.07. The van der Waals surface area contributed by atoms with E-state index < -0.39 is 14.8 Å². The zero-order valence-electron chi connectivity index (χ0n) is 11.4. The van der Waals surface area contributed by atoms with Crippen LogP contribution in [0, 0.1) is 10.1 Å². The Labute approximate surface area is 122 Å². The molecular weight excluding hydrogens is 294 g/mol. The van der Waals surface area contributed by atoms with Gasteiger partial charge in [0.1, 0.15) is 15.7 Å². The number of nitrogens with zero attached hydrogens (tertiary/aromatic N) is 2. The van der Waals surface area contributed by atoms with E-state index in [0.29, 0.717) is 29.7 Å². The number of aromatic nitrogens is 1. The minimum atomic E-state index is -2.95. The molecule has 7 nitrogen and oxygen atoms in total. The van der Waals surface area contributed by atoms with Gasteiger partial charge < -0.3 is 5.32 Å². The summed E-state index contributed by atoms with van der Waals surface area (Å²) in [5.41, 5.74) is 0.673. The Kier molecular flexibility index (Phi) is 4.37. The van der Waals surface area contributed by atoms with Crippen molar-refractivity contribution < 1.29 is 13.3 Å². The molecule has 0 saturated heterocycles. The van der Waals surface area contributed by atoms with E-state index in [9.17, 15) is 18.5 Å². The molecule has 0 amide bonds. The second kappa shape index (κ2) is 6.04. The number of non-ortho nitro benzene ring substituents is 1. The summed E-state index contributed by atoms with van der Waals surface area (Å²) >= 11 is 0. The van der Waals surface area contributed by atoms with Crippen molar-refractivity contribution in [3.05, 3.63) is 40.4 Å². The molecule has 112 valence electrons. The van der Waals surface area contributed by atoms with E-state index in [4.69, 9.17) is 0 Å². The van der Waals surface area contributed by atoms with Crippen LogP contribution in [0.2, 0.25) is 0 Å². The van der Waals surface area contributed by atoms with Gasteiger partial charge in [0.2, 0.25) is 0 Å². The lowest BCUT2D eigenvalue weighted by molar-refractivity contribution is -0.384. The third kappa shape index (κ3) is 4.38.